The molecule has 1 amide bonds. The van der Waals surface area contributed by atoms with Crippen LogP contribution < -0.4 is 21.2 Å². The molecular weight excluding hydrogens is 528 g/mol. The van der Waals surface area contributed by atoms with Crippen molar-refractivity contribution in [3.05, 3.63) is 69.3 Å². The second-order valence-corrected chi connectivity index (χ2v) is 9.02. The molecule has 1 aromatic carbocycles. The van der Waals surface area contributed by atoms with Crippen LogP contribution in [0.5, 0.6) is 0 Å². The maximum absolute atomic E-state index is 15.2. The fourth-order valence-electron chi connectivity index (χ4n) is 4.74. The number of aromatic nitrogens is 4. The van der Waals surface area contributed by atoms with Crippen LogP contribution >= 0.6 is 0 Å². The number of amides is 1. The van der Waals surface area contributed by atoms with Crippen molar-refractivity contribution in [2.75, 3.05) is 29.4 Å². The van der Waals surface area contributed by atoms with Gasteiger partial charge in [-0.15, -0.1) is 0 Å². The minimum atomic E-state index is -3.13. The number of halogens is 4. The largest absolute Gasteiger partial charge is 0.444 e. The Labute approximate surface area is 217 Å². The molecule has 0 N–H and O–H groups in total. The zero-order valence-electron chi connectivity index (χ0n) is 20.3. The van der Waals surface area contributed by atoms with Crippen molar-refractivity contribution >= 4 is 23.3 Å². The predicted molar refractivity (Wildman–Crippen MR) is 129 cm³/mol. The summed E-state index contributed by atoms with van der Waals surface area (Å²) >= 11 is 0. The zero-order chi connectivity index (χ0) is 27.8. The van der Waals surface area contributed by atoms with Gasteiger partial charge in [-0.3, -0.25) is 14.7 Å². The third-order valence-corrected chi connectivity index (χ3v) is 6.66. The van der Waals surface area contributed by atoms with E-state index in [1.807, 2.05) is 0 Å². The summed E-state index contributed by atoms with van der Waals surface area (Å²) in [6.45, 7) is -0.189. The van der Waals surface area contributed by atoms with E-state index in [0.29, 0.717) is 5.69 Å². The monoisotopic (exact) mass is 550 g/mol. The third-order valence-electron chi connectivity index (χ3n) is 6.66. The Balaban J connectivity index is 1.33. The van der Waals surface area contributed by atoms with Gasteiger partial charge >= 0.3 is 17.5 Å². The third kappa shape index (κ3) is 4.91. The quantitative estimate of drug-likeness (QED) is 0.414. The van der Waals surface area contributed by atoms with Crippen LogP contribution in [0.1, 0.15) is 12.8 Å². The summed E-state index contributed by atoms with van der Waals surface area (Å²) in [7, 11) is 0. The predicted octanol–water partition coefficient (Wildman–Crippen LogP) is 1.93. The molecule has 2 aromatic heterocycles. The van der Waals surface area contributed by atoms with Gasteiger partial charge in [0.05, 0.1) is 31.0 Å². The molecule has 1 fully saturated rings. The average Bonchev–Trinajstić information content (AvgIpc) is 3.28. The molecule has 39 heavy (non-hydrogen) atoms. The van der Waals surface area contributed by atoms with Gasteiger partial charge in [0.1, 0.15) is 11.8 Å². The lowest BCUT2D eigenvalue weighted by Gasteiger charge is -2.24. The summed E-state index contributed by atoms with van der Waals surface area (Å²) in [6, 6.07) is 4.92. The summed E-state index contributed by atoms with van der Waals surface area (Å²) in [5, 5.41) is 0. The average molecular weight is 550 g/mol. The molecule has 3 aromatic rings. The Morgan fingerprint density at radius 3 is 2.10 bits per heavy atom. The van der Waals surface area contributed by atoms with Crippen LogP contribution in [0.2, 0.25) is 0 Å². The highest BCUT2D eigenvalue weighted by molar-refractivity contribution is 5.90. The van der Waals surface area contributed by atoms with Gasteiger partial charge in [-0.25, -0.2) is 45.9 Å². The Morgan fingerprint density at radius 1 is 0.949 bits per heavy atom. The number of carbonyl (C=O) groups excluding carboxylic acids is 2. The number of benzene rings is 1. The van der Waals surface area contributed by atoms with E-state index in [9.17, 15) is 28.0 Å². The molecule has 0 unspecified atom stereocenters. The second kappa shape index (κ2) is 10.4. The number of anilines is 2. The number of Topliss-reactive ketones (excluding diaryl/α,β-unsaturated/α-hetero) is 1. The van der Waals surface area contributed by atoms with Gasteiger partial charge in [0, 0.05) is 44.0 Å². The number of cyclic esters (lactones) is 1. The zero-order valence-corrected chi connectivity index (χ0v) is 20.3. The molecule has 5 rings (SSSR count). The summed E-state index contributed by atoms with van der Waals surface area (Å²) in [4.78, 5) is 55.5. The van der Waals surface area contributed by atoms with E-state index in [1.54, 1.807) is 0 Å². The second-order valence-electron chi connectivity index (χ2n) is 9.02. The molecule has 4 heterocycles. The molecule has 1 saturated heterocycles. The van der Waals surface area contributed by atoms with Crippen molar-refractivity contribution in [3.8, 4) is 5.69 Å². The van der Waals surface area contributed by atoms with Crippen LogP contribution in [-0.2, 0) is 22.6 Å². The van der Waals surface area contributed by atoms with Gasteiger partial charge in [0.2, 0.25) is 0 Å². The first-order valence-corrected chi connectivity index (χ1v) is 12.0. The Hall–Kier alpha value is -4.43. The molecule has 0 saturated carbocycles. The highest BCUT2D eigenvalue weighted by Crippen LogP contribution is 2.32. The Morgan fingerprint density at radius 2 is 1.54 bits per heavy atom. The minimum Gasteiger partial charge on any atom is -0.444 e. The van der Waals surface area contributed by atoms with Crippen LogP contribution in [0, 0.1) is 11.6 Å². The van der Waals surface area contributed by atoms with E-state index >= 15 is 8.78 Å². The minimum absolute atomic E-state index is 0.0128. The highest BCUT2D eigenvalue weighted by Gasteiger charge is 2.34. The number of rotatable bonds is 7. The van der Waals surface area contributed by atoms with E-state index in [-0.39, 0.29) is 44.8 Å². The maximum atomic E-state index is 15.2. The number of alkyl halides is 2. The molecule has 0 spiro atoms. The maximum Gasteiger partial charge on any atom is 0.414 e. The molecule has 2 aliphatic heterocycles. The van der Waals surface area contributed by atoms with Crippen LogP contribution in [0.15, 0.2) is 46.2 Å². The van der Waals surface area contributed by atoms with Gasteiger partial charge in [0.15, 0.2) is 17.4 Å². The van der Waals surface area contributed by atoms with Gasteiger partial charge in [-0.2, -0.15) is 0 Å². The van der Waals surface area contributed by atoms with Gasteiger partial charge in [0.25, 0.3) is 6.43 Å². The Bertz CT molecular complexity index is 1470. The number of ether oxygens (including phenoxy) is 1. The van der Waals surface area contributed by atoms with Crippen molar-refractivity contribution in [2.45, 2.75) is 38.5 Å². The van der Waals surface area contributed by atoms with Crippen molar-refractivity contribution < 1.29 is 31.9 Å². The summed E-state index contributed by atoms with van der Waals surface area (Å²) in [5.74, 6) is -3.25. The lowest BCUT2D eigenvalue weighted by atomic mass is 10.1. The molecule has 0 aliphatic carbocycles. The van der Waals surface area contributed by atoms with Crippen molar-refractivity contribution in [1.29, 1.82) is 0 Å². The molecule has 0 radical (unpaired) electrons. The van der Waals surface area contributed by atoms with Crippen LogP contribution in [0.25, 0.3) is 5.69 Å². The van der Waals surface area contributed by atoms with Crippen LogP contribution in [0.3, 0.4) is 0 Å². The number of nitrogens with zero attached hydrogens (tertiary/aromatic N) is 6. The lowest BCUT2D eigenvalue weighted by molar-refractivity contribution is -0.129. The molecule has 15 heteroatoms. The fourth-order valence-corrected chi connectivity index (χ4v) is 4.74. The first-order valence-electron chi connectivity index (χ1n) is 12.0. The summed E-state index contributed by atoms with van der Waals surface area (Å²) < 4.78 is 63.7. The summed E-state index contributed by atoms with van der Waals surface area (Å²) in [6.07, 6.45) is -2.69. The molecule has 206 valence electrons. The van der Waals surface area contributed by atoms with E-state index in [2.05, 4.69) is 4.98 Å². The smallest absolute Gasteiger partial charge is 0.414 e. The number of hydrogen-bond donors (Lipinski definition) is 0. The van der Waals surface area contributed by atoms with Gasteiger partial charge < -0.3 is 9.64 Å². The van der Waals surface area contributed by atoms with E-state index in [0.717, 1.165) is 21.6 Å². The van der Waals surface area contributed by atoms with Crippen molar-refractivity contribution in [3.63, 3.8) is 0 Å². The first kappa shape index (κ1) is 26.2. The van der Waals surface area contributed by atoms with E-state index < -0.39 is 59.5 Å². The molecule has 2 aliphatic rings. The molecule has 11 nitrogen and oxygen atoms in total. The first-order chi connectivity index (χ1) is 18.7. The van der Waals surface area contributed by atoms with E-state index in [1.165, 1.54) is 38.8 Å². The van der Waals surface area contributed by atoms with E-state index in [4.69, 9.17) is 4.74 Å². The van der Waals surface area contributed by atoms with Crippen LogP contribution in [-0.4, -0.2) is 63.0 Å². The lowest BCUT2D eigenvalue weighted by Crippen LogP contribution is -2.33. The Kier molecular flexibility index (Phi) is 6.97. The SMILES string of the molecule is O=C(CC[C@H]1CN(c2cc(F)c(N3CCn4c(=O)n(-c5ccncc5)c(=O)n4CC3)c(F)c2)C(=O)O1)C(F)F. The number of ketones is 1. The topological polar surface area (TPSA) is 112 Å². The number of carbonyl (C=O) groups is 2. The highest BCUT2D eigenvalue weighted by atomic mass is 19.3. The molecular formula is C24H22F4N6O5. The van der Waals surface area contributed by atoms with Crippen LogP contribution in [0.4, 0.5) is 33.7 Å². The number of hydrogen-bond acceptors (Lipinski definition) is 7. The van der Waals surface area contributed by atoms with Gasteiger partial charge in [-0.1, -0.05) is 0 Å². The standard InChI is InChI=1S/C24H22F4N6O5/c25-17-11-15(31-13-16(39-24(31)38)1-2-19(35)21(27)28)12-18(26)20(17)30-7-9-32-22(36)34(14-3-5-29-6-4-14)23(37)33(32)10-8-30/h3-6,11-12,16,21H,1-2,7-10,13H2/t16-/m0/s1. The summed E-state index contributed by atoms with van der Waals surface area (Å²) in [5.41, 5.74) is -1.37. The molecule has 1 atom stereocenters. The van der Waals surface area contributed by atoms with Gasteiger partial charge in [-0.05, 0) is 18.6 Å². The van der Waals surface area contributed by atoms with Crippen molar-refractivity contribution in [1.82, 2.24) is 18.9 Å². The number of pyridine rings is 1. The fraction of sp³-hybridized carbons (Fsp3) is 0.375. The number of fused-ring (bicyclic) bond motifs is 1. The molecule has 0 bridgehead atoms. The normalized spacial score (nSPS) is 17.4. The van der Waals surface area contributed by atoms with Crippen molar-refractivity contribution in [2.24, 2.45) is 0 Å².